The molecule has 2 aromatic carbocycles. The molecule has 0 aliphatic heterocycles. The first-order chi connectivity index (χ1) is 10.9. The lowest BCUT2D eigenvalue weighted by Crippen LogP contribution is -2.03. The van der Waals surface area contributed by atoms with E-state index in [4.69, 9.17) is 28.9 Å². The second kappa shape index (κ2) is 5.91. The summed E-state index contributed by atoms with van der Waals surface area (Å²) in [4.78, 5) is 11.7. The van der Waals surface area contributed by atoms with Gasteiger partial charge in [-0.2, -0.15) is 0 Å². The second-order valence-corrected chi connectivity index (χ2v) is 6.51. The second-order valence-electron chi connectivity index (χ2n) is 5.69. The molecule has 0 fully saturated rings. The van der Waals surface area contributed by atoms with E-state index in [0.29, 0.717) is 22.2 Å². The van der Waals surface area contributed by atoms with Crippen LogP contribution in [0.1, 0.15) is 28.4 Å². The molecule has 0 spiro atoms. The number of nitrogens with two attached hydrogens (primary N) is 1. The lowest BCUT2D eigenvalue weighted by atomic mass is 10.0. The number of carbonyl (C=O) groups excluding carboxylic acids is 1. The van der Waals surface area contributed by atoms with Gasteiger partial charge < -0.3 is 5.73 Å². The van der Waals surface area contributed by atoms with E-state index < -0.39 is 0 Å². The maximum atomic E-state index is 11.7. The molecule has 0 saturated heterocycles. The van der Waals surface area contributed by atoms with Crippen LogP contribution in [0, 0.1) is 6.92 Å². The van der Waals surface area contributed by atoms with E-state index in [9.17, 15) is 4.79 Å². The maximum absolute atomic E-state index is 11.7. The van der Waals surface area contributed by atoms with E-state index in [-0.39, 0.29) is 5.91 Å². The lowest BCUT2D eigenvalue weighted by molar-refractivity contribution is 0.0941. The van der Waals surface area contributed by atoms with Crippen LogP contribution >= 0.6 is 23.2 Å². The molecule has 0 amide bonds. The Morgan fingerprint density at radius 3 is 2.43 bits per heavy atom. The van der Waals surface area contributed by atoms with Crippen LogP contribution in [-0.4, -0.2) is 10.5 Å². The average Bonchev–Trinajstić information content (AvgIpc) is 2.80. The van der Waals surface area contributed by atoms with E-state index in [1.54, 1.807) is 23.6 Å². The number of fused-ring (bicyclic) bond motifs is 1. The summed E-state index contributed by atoms with van der Waals surface area (Å²) >= 11 is 12.5. The number of halogens is 2. The summed E-state index contributed by atoms with van der Waals surface area (Å²) in [6, 6.07) is 9.44. The van der Waals surface area contributed by atoms with Gasteiger partial charge in [-0.15, -0.1) is 0 Å². The molecule has 0 radical (unpaired) electrons. The molecule has 2 N–H and O–H groups in total. The number of nitrogens with zero attached hydrogens (tertiary/aromatic N) is 1. The Hall–Kier alpha value is -1.97. The third kappa shape index (κ3) is 2.94. The Labute approximate surface area is 144 Å². The van der Waals surface area contributed by atoms with Gasteiger partial charge in [0.1, 0.15) is 0 Å². The SMILES string of the molecule is CC(=O)n1cc(C)c2cc(Cc3c(Cl)cc(N)cc3Cl)ccc21. The largest absolute Gasteiger partial charge is 0.399 e. The number of benzene rings is 2. The minimum absolute atomic E-state index is 0.000438. The summed E-state index contributed by atoms with van der Waals surface area (Å²) in [6.07, 6.45) is 2.47. The molecule has 0 aliphatic carbocycles. The van der Waals surface area contributed by atoms with Gasteiger partial charge >= 0.3 is 0 Å². The van der Waals surface area contributed by atoms with Crippen molar-refractivity contribution in [2.24, 2.45) is 0 Å². The summed E-state index contributed by atoms with van der Waals surface area (Å²) in [6.45, 7) is 3.55. The molecule has 3 nitrogen and oxygen atoms in total. The minimum Gasteiger partial charge on any atom is -0.399 e. The highest BCUT2D eigenvalue weighted by Crippen LogP contribution is 2.31. The summed E-state index contributed by atoms with van der Waals surface area (Å²) in [5.41, 5.74) is 10.2. The minimum atomic E-state index is 0.000438. The fraction of sp³-hybridized carbons (Fsp3) is 0.167. The highest BCUT2D eigenvalue weighted by molar-refractivity contribution is 6.36. The van der Waals surface area contributed by atoms with Crippen LogP contribution < -0.4 is 5.73 Å². The highest BCUT2D eigenvalue weighted by atomic mass is 35.5. The first-order valence-electron chi connectivity index (χ1n) is 7.21. The monoisotopic (exact) mass is 346 g/mol. The van der Waals surface area contributed by atoms with Crippen LogP contribution in [0.2, 0.25) is 10.0 Å². The van der Waals surface area contributed by atoms with Crippen molar-refractivity contribution in [3.05, 3.63) is 63.3 Å². The van der Waals surface area contributed by atoms with Crippen molar-refractivity contribution in [3.8, 4) is 0 Å². The summed E-state index contributed by atoms with van der Waals surface area (Å²) < 4.78 is 1.66. The van der Waals surface area contributed by atoms with Crippen LogP contribution in [0.15, 0.2) is 36.5 Å². The zero-order valence-electron chi connectivity index (χ0n) is 12.9. The molecule has 0 unspecified atom stereocenters. The molecule has 23 heavy (non-hydrogen) atoms. The Balaban J connectivity index is 2.05. The quantitative estimate of drug-likeness (QED) is 0.657. The lowest BCUT2D eigenvalue weighted by Gasteiger charge is -2.09. The molecule has 3 aromatic rings. The van der Waals surface area contributed by atoms with Crippen molar-refractivity contribution in [2.75, 3.05) is 5.73 Å². The first-order valence-corrected chi connectivity index (χ1v) is 7.97. The van der Waals surface area contributed by atoms with E-state index in [2.05, 4.69) is 6.07 Å². The van der Waals surface area contributed by atoms with Crippen LogP contribution in [0.5, 0.6) is 0 Å². The zero-order chi connectivity index (χ0) is 16.7. The third-order valence-corrected chi connectivity index (χ3v) is 4.63. The molecular formula is C18H16Cl2N2O. The van der Waals surface area contributed by atoms with Gasteiger partial charge in [0.25, 0.3) is 0 Å². The molecule has 1 heterocycles. The number of hydrogen-bond donors (Lipinski definition) is 1. The van der Waals surface area contributed by atoms with Gasteiger partial charge in [-0.25, -0.2) is 0 Å². The number of nitrogen functional groups attached to an aromatic ring is 1. The number of rotatable bonds is 2. The Morgan fingerprint density at radius 1 is 1.17 bits per heavy atom. The Kier molecular flexibility index (Phi) is 4.09. The van der Waals surface area contributed by atoms with Crippen molar-refractivity contribution < 1.29 is 4.79 Å². The highest BCUT2D eigenvalue weighted by Gasteiger charge is 2.12. The molecule has 0 atom stereocenters. The summed E-state index contributed by atoms with van der Waals surface area (Å²) in [5, 5.41) is 2.18. The van der Waals surface area contributed by atoms with E-state index in [1.165, 1.54) is 0 Å². The van der Waals surface area contributed by atoms with Gasteiger partial charge in [-0.05, 0) is 47.9 Å². The van der Waals surface area contributed by atoms with Crippen LogP contribution in [0.4, 0.5) is 5.69 Å². The van der Waals surface area contributed by atoms with Crippen molar-refractivity contribution in [2.45, 2.75) is 20.3 Å². The molecule has 5 heteroatoms. The van der Waals surface area contributed by atoms with Gasteiger partial charge in [-0.3, -0.25) is 9.36 Å². The Morgan fingerprint density at radius 2 is 1.83 bits per heavy atom. The fourth-order valence-corrected chi connectivity index (χ4v) is 3.45. The van der Waals surface area contributed by atoms with Crippen molar-refractivity contribution in [1.29, 1.82) is 0 Å². The topological polar surface area (TPSA) is 48.0 Å². The standard InChI is InChI=1S/C18H16Cl2N2O/c1-10-9-22(11(2)23)18-4-3-12(5-14(10)18)6-15-16(19)7-13(21)8-17(15)20/h3-5,7-9H,6,21H2,1-2H3. The predicted molar refractivity (Wildman–Crippen MR) is 96.7 cm³/mol. The number of carbonyl (C=O) groups is 1. The van der Waals surface area contributed by atoms with Gasteiger partial charge in [0, 0.05) is 40.7 Å². The van der Waals surface area contributed by atoms with Gasteiger partial charge in [-0.1, -0.05) is 29.3 Å². The summed E-state index contributed by atoms with van der Waals surface area (Å²) in [5.74, 6) is 0.000438. The fourth-order valence-electron chi connectivity index (χ4n) is 2.81. The first kappa shape index (κ1) is 15.9. The van der Waals surface area contributed by atoms with E-state index in [0.717, 1.165) is 27.6 Å². The van der Waals surface area contributed by atoms with E-state index >= 15 is 0 Å². The molecule has 0 bridgehead atoms. The van der Waals surface area contributed by atoms with Crippen molar-refractivity contribution in [3.63, 3.8) is 0 Å². The Bertz CT molecular complexity index is 905. The number of hydrogen-bond acceptors (Lipinski definition) is 2. The molecule has 0 saturated carbocycles. The predicted octanol–water partition coefficient (Wildman–Crippen LogP) is 5.09. The van der Waals surface area contributed by atoms with Crippen LogP contribution in [0.3, 0.4) is 0 Å². The van der Waals surface area contributed by atoms with Crippen molar-refractivity contribution >= 4 is 45.7 Å². The van der Waals surface area contributed by atoms with Gasteiger partial charge in [0.05, 0.1) is 5.52 Å². The average molecular weight is 347 g/mol. The maximum Gasteiger partial charge on any atom is 0.227 e. The van der Waals surface area contributed by atoms with Crippen molar-refractivity contribution in [1.82, 2.24) is 4.57 Å². The number of aromatic nitrogens is 1. The molecule has 0 aliphatic rings. The van der Waals surface area contributed by atoms with Gasteiger partial charge in [0.15, 0.2) is 0 Å². The normalized spacial score (nSPS) is 11.1. The number of anilines is 1. The van der Waals surface area contributed by atoms with Gasteiger partial charge in [0.2, 0.25) is 5.91 Å². The molecule has 1 aromatic heterocycles. The zero-order valence-corrected chi connectivity index (χ0v) is 14.4. The molecule has 3 rings (SSSR count). The molecule has 118 valence electrons. The third-order valence-electron chi connectivity index (χ3n) is 3.95. The smallest absolute Gasteiger partial charge is 0.227 e. The van der Waals surface area contributed by atoms with E-state index in [1.807, 2.05) is 25.3 Å². The van der Waals surface area contributed by atoms with Crippen LogP contribution in [0.25, 0.3) is 10.9 Å². The van der Waals surface area contributed by atoms with Crippen LogP contribution in [-0.2, 0) is 6.42 Å². The molecular weight excluding hydrogens is 331 g/mol. The number of aryl methyl sites for hydroxylation is 1. The summed E-state index contributed by atoms with van der Waals surface area (Å²) in [7, 11) is 0.